The second kappa shape index (κ2) is 4.61. The van der Waals surface area contributed by atoms with Crippen molar-refractivity contribution in [2.24, 2.45) is 11.7 Å². The summed E-state index contributed by atoms with van der Waals surface area (Å²) in [6.45, 7) is 1.43. The number of primary amides is 1. The second-order valence-corrected chi connectivity index (χ2v) is 5.57. The molecule has 0 bridgehead atoms. The molecule has 0 heterocycles. The highest BCUT2D eigenvalue weighted by atomic mass is 32.2. The van der Waals surface area contributed by atoms with E-state index in [1.54, 1.807) is 0 Å². The Morgan fingerprint density at radius 1 is 1.38 bits per heavy atom. The Morgan fingerprint density at radius 2 is 1.88 bits per heavy atom. The van der Waals surface area contributed by atoms with Crippen LogP contribution in [0, 0.1) is 11.7 Å². The molecule has 0 aromatic heterocycles. The molecule has 0 aliphatic heterocycles. The van der Waals surface area contributed by atoms with Gasteiger partial charge in [0.15, 0.2) is 9.84 Å². The van der Waals surface area contributed by atoms with Gasteiger partial charge in [-0.1, -0.05) is 6.92 Å². The highest BCUT2D eigenvalue weighted by Gasteiger charge is 2.21. The van der Waals surface area contributed by atoms with Crippen LogP contribution < -0.4 is 5.73 Å². The summed E-state index contributed by atoms with van der Waals surface area (Å²) < 4.78 is 36.1. The molecule has 1 aromatic rings. The molecule has 0 fully saturated rings. The molecule has 0 radical (unpaired) electrons. The van der Waals surface area contributed by atoms with E-state index in [0.29, 0.717) is 0 Å². The maximum absolute atomic E-state index is 12.6. The molecular formula is C10H12FNO3S. The lowest BCUT2D eigenvalue weighted by molar-refractivity contribution is -0.120. The third kappa shape index (κ3) is 3.03. The topological polar surface area (TPSA) is 77.2 Å². The number of benzene rings is 1. The lowest BCUT2D eigenvalue weighted by atomic mass is 10.2. The van der Waals surface area contributed by atoms with Gasteiger partial charge < -0.3 is 5.73 Å². The number of hydrogen-bond acceptors (Lipinski definition) is 3. The summed E-state index contributed by atoms with van der Waals surface area (Å²) in [7, 11) is -3.59. The van der Waals surface area contributed by atoms with Gasteiger partial charge >= 0.3 is 0 Å². The van der Waals surface area contributed by atoms with E-state index in [-0.39, 0.29) is 10.6 Å². The number of amides is 1. The quantitative estimate of drug-likeness (QED) is 0.794. The minimum atomic E-state index is -3.59. The van der Waals surface area contributed by atoms with Gasteiger partial charge in [0, 0.05) is 5.92 Å². The van der Waals surface area contributed by atoms with Gasteiger partial charge in [-0.3, -0.25) is 4.79 Å². The molecule has 1 unspecified atom stereocenters. The SMILES string of the molecule is CC(CS(=O)(=O)c1ccc(F)cc1)C(N)=O. The predicted molar refractivity (Wildman–Crippen MR) is 56.8 cm³/mol. The standard InChI is InChI=1S/C10H12FNO3S/c1-7(10(12)13)6-16(14,15)9-4-2-8(11)3-5-9/h2-5,7H,6H2,1H3,(H2,12,13). The Morgan fingerprint density at radius 3 is 2.31 bits per heavy atom. The molecule has 16 heavy (non-hydrogen) atoms. The molecule has 1 atom stereocenters. The monoisotopic (exact) mass is 245 g/mol. The molecule has 1 amide bonds. The Bertz CT molecular complexity index is 481. The van der Waals surface area contributed by atoms with Crippen LogP contribution in [0.2, 0.25) is 0 Å². The van der Waals surface area contributed by atoms with Gasteiger partial charge in [-0.2, -0.15) is 0 Å². The van der Waals surface area contributed by atoms with E-state index < -0.39 is 27.5 Å². The number of carbonyl (C=O) groups is 1. The van der Waals surface area contributed by atoms with Crippen LogP contribution in [0.1, 0.15) is 6.92 Å². The molecule has 0 saturated carbocycles. The maximum Gasteiger partial charge on any atom is 0.221 e. The summed E-state index contributed by atoms with van der Waals surface area (Å²) in [5, 5.41) is 0. The number of sulfone groups is 1. The number of halogens is 1. The fourth-order valence-corrected chi connectivity index (χ4v) is 2.72. The minimum absolute atomic E-state index is 0.0120. The van der Waals surface area contributed by atoms with Gasteiger partial charge in [-0.25, -0.2) is 12.8 Å². The van der Waals surface area contributed by atoms with Gasteiger partial charge in [0.25, 0.3) is 0 Å². The van der Waals surface area contributed by atoms with E-state index in [0.717, 1.165) is 12.1 Å². The predicted octanol–water partition coefficient (Wildman–Crippen LogP) is 0.721. The van der Waals surface area contributed by atoms with Crippen LogP contribution in [0.5, 0.6) is 0 Å². The van der Waals surface area contributed by atoms with Crippen LogP contribution in [0.3, 0.4) is 0 Å². The normalized spacial score (nSPS) is 13.4. The second-order valence-electron chi connectivity index (χ2n) is 3.54. The fraction of sp³-hybridized carbons (Fsp3) is 0.300. The van der Waals surface area contributed by atoms with E-state index in [2.05, 4.69) is 0 Å². The van der Waals surface area contributed by atoms with Crippen LogP contribution >= 0.6 is 0 Å². The van der Waals surface area contributed by atoms with E-state index in [1.807, 2.05) is 0 Å². The molecule has 2 N–H and O–H groups in total. The van der Waals surface area contributed by atoms with E-state index in [9.17, 15) is 17.6 Å². The largest absolute Gasteiger partial charge is 0.369 e. The minimum Gasteiger partial charge on any atom is -0.369 e. The van der Waals surface area contributed by atoms with Crippen LogP contribution in [-0.2, 0) is 14.6 Å². The summed E-state index contributed by atoms with van der Waals surface area (Å²) in [6.07, 6.45) is 0. The lowest BCUT2D eigenvalue weighted by Crippen LogP contribution is -2.27. The zero-order valence-corrected chi connectivity index (χ0v) is 9.50. The summed E-state index contributed by atoms with van der Waals surface area (Å²) in [6, 6.07) is 4.44. The first-order chi connectivity index (χ1) is 7.33. The van der Waals surface area contributed by atoms with Crippen molar-refractivity contribution < 1.29 is 17.6 Å². The molecule has 0 saturated heterocycles. The zero-order valence-electron chi connectivity index (χ0n) is 8.68. The Labute approximate surface area is 93.2 Å². The first kappa shape index (κ1) is 12.6. The third-order valence-electron chi connectivity index (χ3n) is 2.13. The third-order valence-corrected chi connectivity index (χ3v) is 4.06. The highest BCUT2D eigenvalue weighted by molar-refractivity contribution is 7.91. The average Bonchev–Trinajstić information content (AvgIpc) is 2.17. The number of rotatable bonds is 4. The smallest absolute Gasteiger partial charge is 0.221 e. The van der Waals surface area contributed by atoms with Gasteiger partial charge in [0.2, 0.25) is 5.91 Å². The Balaban J connectivity index is 2.94. The highest BCUT2D eigenvalue weighted by Crippen LogP contribution is 2.14. The number of nitrogens with two attached hydrogens (primary N) is 1. The van der Waals surface area contributed by atoms with Crippen LogP contribution in [0.25, 0.3) is 0 Å². The first-order valence-corrected chi connectivity index (χ1v) is 6.26. The summed E-state index contributed by atoms with van der Waals surface area (Å²) >= 11 is 0. The summed E-state index contributed by atoms with van der Waals surface area (Å²) in [5.41, 5.74) is 4.98. The fourth-order valence-electron chi connectivity index (χ4n) is 1.15. The molecule has 4 nitrogen and oxygen atoms in total. The summed E-state index contributed by atoms with van der Waals surface area (Å²) in [4.78, 5) is 10.7. The van der Waals surface area contributed by atoms with E-state index in [1.165, 1.54) is 19.1 Å². The summed E-state index contributed by atoms with van der Waals surface area (Å²) in [5.74, 6) is -2.32. The molecule has 1 rings (SSSR count). The Hall–Kier alpha value is -1.43. The van der Waals surface area contributed by atoms with Gasteiger partial charge in [0.05, 0.1) is 10.6 Å². The molecular weight excluding hydrogens is 233 g/mol. The molecule has 0 spiro atoms. The van der Waals surface area contributed by atoms with Gasteiger partial charge in [-0.05, 0) is 24.3 Å². The van der Waals surface area contributed by atoms with Crippen molar-refractivity contribution in [2.45, 2.75) is 11.8 Å². The first-order valence-electron chi connectivity index (χ1n) is 4.60. The molecule has 1 aromatic carbocycles. The van der Waals surface area contributed by atoms with Crippen molar-refractivity contribution in [3.63, 3.8) is 0 Å². The van der Waals surface area contributed by atoms with Crippen LogP contribution in [0.15, 0.2) is 29.2 Å². The van der Waals surface area contributed by atoms with Gasteiger partial charge in [-0.15, -0.1) is 0 Å². The van der Waals surface area contributed by atoms with Gasteiger partial charge in [0.1, 0.15) is 5.82 Å². The molecule has 6 heteroatoms. The molecule has 0 aliphatic carbocycles. The Kier molecular flexibility index (Phi) is 3.64. The average molecular weight is 245 g/mol. The van der Waals surface area contributed by atoms with Crippen molar-refractivity contribution in [3.8, 4) is 0 Å². The van der Waals surface area contributed by atoms with Crippen molar-refractivity contribution >= 4 is 15.7 Å². The maximum atomic E-state index is 12.6. The lowest BCUT2D eigenvalue weighted by Gasteiger charge is -2.08. The van der Waals surface area contributed by atoms with Crippen molar-refractivity contribution in [1.82, 2.24) is 0 Å². The van der Waals surface area contributed by atoms with Crippen molar-refractivity contribution in [2.75, 3.05) is 5.75 Å². The van der Waals surface area contributed by atoms with Crippen molar-refractivity contribution in [1.29, 1.82) is 0 Å². The van der Waals surface area contributed by atoms with Crippen LogP contribution in [0.4, 0.5) is 4.39 Å². The van der Waals surface area contributed by atoms with Crippen LogP contribution in [-0.4, -0.2) is 20.1 Å². The molecule has 88 valence electrons. The van der Waals surface area contributed by atoms with Crippen molar-refractivity contribution in [3.05, 3.63) is 30.1 Å². The molecule has 0 aliphatic rings. The number of carbonyl (C=O) groups excluding carboxylic acids is 1. The van der Waals surface area contributed by atoms with E-state index in [4.69, 9.17) is 5.73 Å². The van der Waals surface area contributed by atoms with E-state index >= 15 is 0 Å². The zero-order chi connectivity index (χ0) is 12.3. The number of hydrogen-bond donors (Lipinski definition) is 1.